The van der Waals surface area contributed by atoms with E-state index in [1.807, 2.05) is 31.2 Å². The van der Waals surface area contributed by atoms with Crippen LogP contribution in [0, 0.1) is 0 Å². The van der Waals surface area contributed by atoms with Crippen molar-refractivity contribution in [1.82, 2.24) is 20.3 Å². The molecule has 2 aromatic heterocycles. The third kappa shape index (κ3) is 4.50. The maximum Gasteiger partial charge on any atom is 0.180 e. The van der Waals surface area contributed by atoms with Crippen LogP contribution in [0.5, 0.6) is 0 Å². The highest BCUT2D eigenvalue weighted by Crippen LogP contribution is 2.22. The van der Waals surface area contributed by atoms with E-state index in [1.165, 1.54) is 0 Å². The van der Waals surface area contributed by atoms with Gasteiger partial charge in [-0.3, -0.25) is 4.98 Å². The lowest BCUT2D eigenvalue weighted by molar-refractivity contribution is 0.143. The highest BCUT2D eigenvalue weighted by molar-refractivity contribution is 7.80. The number of thiocarbonyl (C=S) groups is 1. The van der Waals surface area contributed by atoms with Crippen LogP contribution in [0.2, 0.25) is 0 Å². The molecule has 1 atom stereocenters. The largest absolute Gasteiger partial charge is 0.377 e. The Labute approximate surface area is 158 Å². The predicted molar refractivity (Wildman–Crippen MR) is 109 cm³/mol. The van der Waals surface area contributed by atoms with Crippen molar-refractivity contribution in [1.29, 1.82) is 0 Å². The first kappa shape index (κ1) is 18.2. The first-order valence-corrected chi connectivity index (χ1v) is 8.70. The van der Waals surface area contributed by atoms with Gasteiger partial charge in [-0.05, 0) is 43.3 Å². The zero-order valence-corrected chi connectivity index (χ0v) is 15.6. The molecule has 2 heterocycles. The van der Waals surface area contributed by atoms with E-state index in [9.17, 15) is 0 Å². The van der Waals surface area contributed by atoms with Gasteiger partial charge < -0.3 is 15.4 Å². The minimum Gasteiger partial charge on any atom is -0.377 e. The molecule has 0 spiro atoms. The number of ether oxygens (including phenoxy) is 1. The Balaban J connectivity index is 1.78. The van der Waals surface area contributed by atoms with E-state index in [1.54, 1.807) is 13.3 Å². The number of fused-ring (bicyclic) bond motifs is 1. The van der Waals surface area contributed by atoms with Gasteiger partial charge in [-0.15, -0.1) is 0 Å². The molecule has 6 nitrogen and oxygen atoms in total. The van der Waals surface area contributed by atoms with Gasteiger partial charge >= 0.3 is 0 Å². The molecule has 0 aliphatic heterocycles. The van der Waals surface area contributed by atoms with E-state index >= 15 is 0 Å². The van der Waals surface area contributed by atoms with Crippen LogP contribution in [0.4, 0.5) is 5.82 Å². The molecule has 0 amide bonds. The summed E-state index contributed by atoms with van der Waals surface area (Å²) in [7, 11) is 1.71. The Morgan fingerprint density at radius 1 is 1.38 bits per heavy atom. The number of aromatic nitrogens is 3. The van der Waals surface area contributed by atoms with E-state index in [-0.39, 0.29) is 6.10 Å². The molecular formula is C19H21N5OS. The summed E-state index contributed by atoms with van der Waals surface area (Å²) < 4.78 is 5.32. The van der Waals surface area contributed by atoms with Crippen LogP contribution in [0.3, 0.4) is 0 Å². The minimum atomic E-state index is 0.119. The highest BCUT2D eigenvalue weighted by Gasteiger charge is 2.11. The van der Waals surface area contributed by atoms with Crippen LogP contribution in [0.15, 0.2) is 48.7 Å². The highest BCUT2D eigenvalue weighted by atomic mass is 32.1. The zero-order valence-electron chi connectivity index (χ0n) is 14.8. The Bertz CT molecular complexity index is 906. The first-order valence-electron chi connectivity index (χ1n) is 8.29. The summed E-state index contributed by atoms with van der Waals surface area (Å²) in [6, 6.07) is 3.70. The molecule has 26 heavy (non-hydrogen) atoms. The number of pyridine rings is 1. The van der Waals surface area contributed by atoms with E-state index < -0.39 is 0 Å². The molecule has 0 aromatic carbocycles. The van der Waals surface area contributed by atoms with Crippen molar-refractivity contribution in [3.05, 3.63) is 54.4 Å². The molecule has 1 unspecified atom stereocenters. The third-order valence-corrected chi connectivity index (χ3v) is 4.10. The van der Waals surface area contributed by atoms with Crippen LogP contribution in [-0.4, -0.2) is 39.8 Å². The van der Waals surface area contributed by atoms with Crippen molar-refractivity contribution < 1.29 is 4.74 Å². The monoisotopic (exact) mass is 367 g/mol. The average molecular weight is 367 g/mol. The number of nitrogens with zero attached hydrogens (tertiary/aromatic N) is 3. The molecular weight excluding hydrogens is 346 g/mol. The van der Waals surface area contributed by atoms with Gasteiger partial charge in [0.1, 0.15) is 11.3 Å². The lowest BCUT2D eigenvalue weighted by Crippen LogP contribution is -2.29. The second kappa shape index (κ2) is 8.16. The van der Waals surface area contributed by atoms with E-state index in [0.29, 0.717) is 23.1 Å². The summed E-state index contributed by atoms with van der Waals surface area (Å²) in [5.41, 5.74) is 4.11. The number of rotatable bonds is 5. The van der Waals surface area contributed by atoms with Crippen molar-refractivity contribution in [2.24, 2.45) is 0 Å². The standard InChI is InChI=1S/C19H21N5OS/c1-12(2)10-21-19(26)24-17-9-8-15-18(23-17)22-16(11-20-15)13-4-6-14(25-3)7-5-13/h4-6,8-9,11,14H,1,7,10H2,2-3H3,(H2,21,22,23,24,26). The molecule has 1 aliphatic carbocycles. The number of methoxy groups -OCH3 is 1. The summed E-state index contributed by atoms with van der Waals surface area (Å²) in [6.07, 6.45) is 8.83. The summed E-state index contributed by atoms with van der Waals surface area (Å²) >= 11 is 5.26. The fourth-order valence-corrected chi connectivity index (χ4v) is 2.64. The van der Waals surface area contributed by atoms with E-state index in [2.05, 4.69) is 38.2 Å². The molecule has 7 heteroatoms. The number of nitrogens with one attached hydrogen (secondary N) is 2. The van der Waals surface area contributed by atoms with Crippen LogP contribution in [-0.2, 0) is 4.74 Å². The van der Waals surface area contributed by atoms with Crippen molar-refractivity contribution >= 4 is 39.9 Å². The zero-order chi connectivity index (χ0) is 18.5. The Kier molecular flexibility index (Phi) is 5.70. The smallest absolute Gasteiger partial charge is 0.180 e. The Morgan fingerprint density at radius 3 is 2.92 bits per heavy atom. The molecule has 134 valence electrons. The van der Waals surface area contributed by atoms with Crippen LogP contribution in [0.25, 0.3) is 16.7 Å². The Hall–Kier alpha value is -2.64. The van der Waals surface area contributed by atoms with Crippen LogP contribution in [0.1, 0.15) is 19.0 Å². The number of hydrogen-bond acceptors (Lipinski definition) is 5. The fraction of sp³-hybridized carbons (Fsp3) is 0.263. The summed E-state index contributed by atoms with van der Waals surface area (Å²) in [6.45, 7) is 6.39. The lowest BCUT2D eigenvalue weighted by Gasteiger charge is -2.14. The molecule has 1 aliphatic rings. The topological polar surface area (TPSA) is 72.0 Å². The third-order valence-electron chi connectivity index (χ3n) is 3.86. The quantitative estimate of drug-likeness (QED) is 0.621. The maximum atomic E-state index is 5.32. The van der Waals surface area contributed by atoms with E-state index in [4.69, 9.17) is 17.0 Å². The van der Waals surface area contributed by atoms with Gasteiger partial charge in [0, 0.05) is 13.7 Å². The maximum absolute atomic E-state index is 5.32. The number of anilines is 1. The van der Waals surface area contributed by atoms with Crippen LogP contribution < -0.4 is 10.6 Å². The number of allylic oxidation sites excluding steroid dienone is 2. The normalized spacial score (nSPS) is 16.2. The van der Waals surface area contributed by atoms with Gasteiger partial charge in [-0.25, -0.2) is 9.97 Å². The average Bonchev–Trinajstić information content (AvgIpc) is 2.66. The SMILES string of the molecule is C=C(C)CNC(=S)Nc1ccc2ncc(C3=CCC(OC)C=C3)nc2n1. The van der Waals surface area contributed by atoms with Gasteiger partial charge in [-0.1, -0.05) is 30.4 Å². The molecule has 2 N–H and O–H groups in total. The van der Waals surface area contributed by atoms with Crippen molar-refractivity contribution in [3.63, 3.8) is 0 Å². The number of hydrogen-bond donors (Lipinski definition) is 2. The molecule has 2 aromatic rings. The van der Waals surface area contributed by atoms with Gasteiger partial charge in [0.2, 0.25) is 0 Å². The summed E-state index contributed by atoms with van der Waals surface area (Å²) in [4.78, 5) is 13.6. The van der Waals surface area contributed by atoms with Crippen molar-refractivity contribution in [2.75, 3.05) is 19.0 Å². The van der Waals surface area contributed by atoms with Gasteiger partial charge in [0.05, 0.1) is 18.0 Å². The molecule has 0 bridgehead atoms. The van der Waals surface area contributed by atoms with E-state index in [0.717, 1.165) is 28.8 Å². The predicted octanol–water partition coefficient (Wildman–Crippen LogP) is 3.25. The molecule has 0 saturated heterocycles. The van der Waals surface area contributed by atoms with Gasteiger partial charge in [0.25, 0.3) is 0 Å². The molecule has 3 rings (SSSR count). The lowest BCUT2D eigenvalue weighted by atomic mass is 10.0. The van der Waals surface area contributed by atoms with Crippen molar-refractivity contribution in [2.45, 2.75) is 19.4 Å². The first-order chi connectivity index (χ1) is 12.5. The Morgan fingerprint density at radius 2 is 2.23 bits per heavy atom. The second-order valence-corrected chi connectivity index (χ2v) is 6.50. The summed E-state index contributed by atoms with van der Waals surface area (Å²) in [5, 5.41) is 6.62. The van der Waals surface area contributed by atoms with Gasteiger partial charge in [-0.2, -0.15) is 0 Å². The fourth-order valence-electron chi connectivity index (χ4n) is 2.46. The molecule has 0 fully saturated rings. The minimum absolute atomic E-state index is 0.119. The molecule has 0 radical (unpaired) electrons. The second-order valence-electron chi connectivity index (χ2n) is 6.09. The molecule has 0 saturated carbocycles. The van der Waals surface area contributed by atoms with Crippen molar-refractivity contribution in [3.8, 4) is 0 Å². The van der Waals surface area contributed by atoms with Crippen LogP contribution >= 0.6 is 12.2 Å². The summed E-state index contributed by atoms with van der Waals surface area (Å²) in [5.74, 6) is 0.621. The van der Waals surface area contributed by atoms with Gasteiger partial charge in [0.15, 0.2) is 10.8 Å².